The third-order valence-corrected chi connectivity index (χ3v) is 4.85. The molecule has 3 unspecified atom stereocenters. The second-order valence-corrected chi connectivity index (χ2v) is 6.60. The molecule has 0 aromatic rings. The van der Waals surface area contributed by atoms with Crippen LogP contribution < -0.4 is 5.73 Å². The van der Waals surface area contributed by atoms with Gasteiger partial charge in [-0.2, -0.15) is 0 Å². The number of carbonyl (C=O) groups excluding carboxylic acids is 1. The minimum atomic E-state index is 0.240. The largest absolute Gasteiger partial charge is 0.345 e. The van der Waals surface area contributed by atoms with Crippen molar-refractivity contribution in [2.45, 2.75) is 44.6 Å². The molecule has 2 aliphatic rings. The molecule has 2 N–H and O–H groups in total. The first-order chi connectivity index (χ1) is 9.06. The van der Waals surface area contributed by atoms with Crippen LogP contribution in [0.2, 0.25) is 0 Å². The van der Waals surface area contributed by atoms with E-state index in [0.29, 0.717) is 18.3 Å². The SMILES string of the molecule is CN1CCC(CN(C)C(=O)CC2CCCCC2N)C1. The van der Waals surface area contributed by atoms with Gasteiger partial charge in [0, 0.05) is 32.6 Å². The number of amides is 1. The number of rotatable bonds is 4. The molecular formula is C15H29N3O. The van der Waals surface area contributed by atoms with Crippen LogP contribution >= 0.6 is 0 Å². The van der Waals surface area contributed by atoms with E-state index in [-0.39, 0.29) is 11.9 Å². The third kappa shape index (κ3) is 4.18. The standard InChI is InChI=1S/C15H29N3O/c1-17-8-7-12(10-17)11-18(2)15(19)9-13-5-3-4-6-14(13)16/h12-14H,3-11,16H2,1-2H3. The van der Waals surface area contributed by atoms with Gasteiger partial charge in [-0.05, 0) is 44.7 Å². The van der Waals surface area contributed by atoms with Crippen LogP contribution in [0.15, 0.2) is 0 Å². The quantitative estimate of drug-likeness (QED) is 0.835. The van der Waals surface area contributed by atoms with Gasteiger partial charge >= 0.3 is 0 Å². The number of nitrogens with two attached hydrogens (primary N) is 1. The zero-order chi connectivity index (χ0) is 13.8. The van der Waals surface area contributed by atoms with Crippen molar-refractivity contribution in [3.8, 4) is 0 Å². The average Bonchev–Trinajstić information content (AvgIpc) is 2.77. The second kappa shape index (κ2) is 6.71. The van der Waals surface area contributed by atoms with Crippen LogP contribution in [0.3, 0.4) is 0 Å². The molecule has 3 atom stereocenters. The Labute approximate surface area is 117 Å². The lowest BCUT2D eigenvalue weighted by Gasteiger charge is -2.30. The number of hydrogen-bond acceptors (Lipinski definition) is 3. The Bertz CT molecular complexity index is 308. The van der Waals surface area contributed by atoms with Crippen LogP contribution in [-0.2, 0) is 4.79 Å². The van der Waals surface area contributed by atoms with E-state index in [1.807, 2.05) is 11.9 Å². The highest BCUT2D eigenvalue weighted by Gasteiger charge is 2.27. The zero-order valence-corrected chi connectivity index (χ0v) is 12.5. The predicted octanol–water partition coefficient (Wildman–Crippen LogP) is 1.30. The highest BCUT2D eigenvalue weighted by molar-refractivity contribution is 5.76. The summed E-state index contributed by atoms with van der Waals surface area (Å²) in [5, 5.41) is 0. The normalized spacial score (nSPS) is 32.5. The fourth-order valence-electron chi connectivity index (χ4n) is 3.53. The third-order valence-electron chi connectivity index (χ3n) is 4.85. The number of nitrogens with zero attached hydrogens (tertiary/aromatic N) is 2. The van der Waals surface area contributed by atoms with Gasteiger partial charge in [-0.3, -0.25) is 4.79 Å². The highest BCUT2D eigenvalue weighted by Crippen LogP contribution is 2.26. The maximum Gasteiger partial charge on any atom is 0.222 e. The Balaban J connectivity index is 1.75. The van der Waals surface area contributed by atoms with E-state index in [4.69, 9.17) is 5.73 Å². The first-order valence-corrected chi connectivity index (χ1v) is 7.74. The molecule has 1 saturated carbocycles. The summed E-state index contributed by atoms with van der Waals surface area (Å²) in [4.78, 5) is 16.6. The fourth-order valence-corrected chi connectivity index (χ4v) is 3.53. The lowest BCUT2D eigenvalue weighted by atomic mass is 9.82. The number of carbonyl (C=O) groups is 1. The molecule has 2 fully saturated rings. The van der Waals surface area contributed by atoms with Crippen molar-refractivity contribution < 1.29 is 4.79 Å². The Morgan fingerprint density at radius 2 is 2.05 bits per heavy atom. The van der Waals surface area contributed by atoms with Gasteiger partial charge in [-0.15, -0.1) is 0 Å². The summed E-state index contributed by atoms with van der Waals surface area (Å²) < 4.78 is 0. The number of hydrogen-bond donors (Lipinski definition) is 1. The Kier molecular flexibility index (Phi) is 5.22. The van der Waals surface area contributed by atoms with E-state index < -0.39 is 0 Å². The second-order valence-electron chi connectivity index (χ2n) is 6.60. The van der Waals surface area contributed by atoms with Gasteiger partial charge in [0.2, 0.25) is 5.91 Å². The topological polar surface area (TPSA) is 49.6 Å². The molecule has 1 heterocycles. The minimum Gasteiger partial charge on any atom is -0.345 e. The van der Waals surface area contributed by atoms with E-state index in [2.05, 4.69) is 11.9 Å². The molecule has 4 heteroatoms. The average molecular weight is 267 g/mol. The Morgan fingerprint density at radius 1 is 1.32 bits per heavy atom. The lowest BCUT2D eigenvalue weighted by Crippen LogP contribution is -2.39. The lowest BCUT2D eigenvalue weighted by molar-refractivity contribution is -0.131. The van der Waals surface area contributed by atoms with Gasteiger partial charge in [0.1, 0.15) is 0 Å². The summed E-state index contributed by atoms with van der Waals surface area (Å²) >= 11 is 0. The molecule has 4 nitrogen and oxygen atoms in total. The van der Waals surface area contributed by atoms with Crippen LogP contribution in [-0.4, -0.2) is 55.5 Å². The molecule has 19 heavy (non-hydrogen) atoms. The van der Waals surface area contributed by atoms with Crippen molar-refractivity contribution in [2.75, 3.05) is 33.7 Å². The molecule has 0 aromatic carbocycles. The van der Waals surface area contributed by atoms with Crippen molar-refractivity contribution in [3.63, 3.8) is 0 Å². The van der Waals surface area contributed by atoms with Gasteiger partial charge in [-0.25, -0.2) is 0 Å². The van der Waals surface area contributed by atoms with Crippen LogP contribution in [0.5, 0.6) is 0 Å². The maximum atomic E-state index is 12.3. The molecule has 0 radical (unpaired) electrons. The van der Waals surface area contributed by atoms with Crippen LogP contribution in [0.25, 0.3) is 0 Å². The van der Waals surface area contributed by atoms with E-state index in [1.165, 1.54) is 25.8 Å². The van der Waals surface area contributed by atoms with Gasteiger partial charge < -0.3 is 15.5 Å². The first-order valence-electron chi connectivity index (χ1n) is 7.74. The summed E-state index contributed by atoms with van der Waals surface area (Å²) in [6.45, 7) is 3.20. The smallest absolute Gasteiger partial charge is 0.222 e. The molecule has 0 aromatic heterocycles. The first kappa shape index (κ1) is 14.8. The molecule has 2 rings (SSSR count). The van der Waals surface area contributed by atoms with Crippen molar-refractivity contribution in [1.82, 2.24) is 9.80 Å². The van der Waals surface area contributed by atoms with Crippen molar-refractivity contribution in [3.05, 3.63) is 0 Å². The molecule has 1 aliphatic heterocycles. The molecule has 1 amide bonds. The van der Waals surface area contributed by atoms with Gasteiger partial charge in [0.15, 0.2) is 0 Å². The molecule has 1 saturated heterocycles. The predicted molar refractivity (Wildman–Crippen MR) is 77.8 cm³/mol. The monoisotopic (exact) mass is 267 g/mol. The molecular weight excluding hydrogens is 238 g/mol. The van der Waals surface area contributed by atoms with E-state index in [0.717, 1.165) is 25.9 Å². The van der Waals surface area contributed by atoms with Crippen LogP contribution in [0.1, 0.15) is 38.5 Å². The van der Waals surface area contributed by atoms with E-state index >= 15 is 0 Å². The van der Waals surface area contributed by atoms with E-state index in [1.54, 1.807) is 0 Å². The summed E-state index contributed by atoms with van der Waals surface area (Å²) in [5.74, 6) is 1.35. The molecule has 0 bridgehead atoms. The Morgan fingerprint density at radius 3 is 2.68 bits per heavy atom. The van der Waals surface area contributed by atoms with Crippen LogP contribution in [0, 0.1) is 11.8 Å². The summed E-state index contributed by atoms with van der Waals surface area (Å²) in [5.41, 5.74) is 6.13. The number of likely N-dealkylation sites (tertiary alicyclic amines) is 1. The van der Waals surface area contributed by atoms with Gasteiger partial charge in [0.05, 0.1) is 0 Å². The highest BCUT2D eigenvalue weighted by atomic mass is 16.2. The minimum absolute atomic E-state index is 0.240. The fraction of sp³-hybridized carbons (Fsp3) is 0.933. The van der Waals surface area contributed by atoms with Gasteiger partial charge in [-0.1, -0.05) is 12.8 Å². The van der Waals surface area contributed by atoms with Crippen molar-refractivity contribution in [1.29, 1.82) is 0 Å². The molecule has 110 valence electrons. The molecule has 1 aliphatic carbocycles. The Hall–Kier alpha value is -0.610. The molecule has 0 spiro atoms. The van der Waals surface area contributed by atoms with Crippen molar-refractivity contribution in [2.24, 2.45) is 17.6 Å². The summed E-state index contributed by atoms with van der Waals surface area (Å²) in [6.07, 6.45) is 6.57. The van der Waals surface area contributed by atoms with Gasteiger partial charge in [0.25, 0.3) is 0 Å². The van der Waals surface area contributed by atoms with E-state index in [9.17, 15) is 4.79 Å². The summed E-state index contributed by atoms with van der Waals surface area (Å²) in [7, 11) is 4.11. The van der Waals surface area contributed by atoms with Crippen molar-refractivity contribution >= 4 is 5.91 Å². The van der Waals surface area contributed by atoms with Crippen LogP contribution in [0.4, 0.5) is 0 Å². The zero-order valence-electron chi connectivity index (χ0n) is 12.5. The summed E-state index contributed by atoms with van der Waals surface area (Å²) in [6, 6.07) is 0.240. The maximum absolute atomic E-state index is 12.3.